The number of carbonyl (C=O) groups is 2. The molecule has 7 heteroatoms. The fourth-order valence-electron chi connectivity index (χ4n) is 4.23. The molecule has 0 saturated heterocycles. The third kappa shape index (κ3) is 2.01. The van der Waals surface area contributed by atoms with E-state index in [4.69, 9.17) is 9.47 Å². The zero-order chi connectivity index (χ0) is 19.6. The highest BCUT2D eigenvalue weighted by molar-refractivity contribution is 6.22. The van der Waals surface area contributed by atoms with Gasteiger partial charge in [-0.05, 0) is 30.3 Å². The molecular formula is C22H15N3O4. The van der Waals surface area contributed by atoms with E-state index in [0.717, 1.165) is 0 Å². The fourth-order valence-corrected chi connectivity index (χ4v) is 4.23. The van der Waals surface area contributed by atoms with Gasteiger partial charge >= 0.3 is 0 Å². The van der Waals surface area contributed by atoms with E-state index in [1.54, 1.807) is 36.4 Å². The van der Waals surface area contributed by atoms with Gasteiger partial charge in [-0.25, -0.2) is 0 Å². The third-order valence-corrected chi connectivity index (χ3v) is 5.52. The Labute approximate surface area is 165 Å². The van der Waals surface area contributed by atoms with Crippen molar-refractivity contribution < 1.29 is 19.1 Å². The van der Waals surface area contributed by atoms with Crippen LogP contribution in [0.3, 0.4) is 0 Å². The van der Waals surface area contributed by atoms with Gasteiger partial charge in [0, 0.05) is 23.0 Å². The Hall–Kier alpha value is -4.00. The van der Waals surface area contributed by atoms with Gasteiger partial charge in [-0.2, -0.15) is 0 Å². The average Bonchev–Trinajstić information content (AvgIpc) is 3.31. The number of hydrogen-bond acceptors (Lipinski definition) is 5. The maximum absolute atomic E-state index is 13.7. The van der Waals surface area contributed by atoms with Crippen molar-refractivity contribution in [2.75, 3.05) is 22.3 Å². The van der Waals surface area contributed by atoms with Gasteiger partial charge in [0.2, 0.25) is 12.5 Å². The maximum atomic E-state index is 13.7. The van der Waals surface area contributed by atoms with Crippen molar-refractivity contribution in [1.82, 2.24) is 0 Å². The number of nitrogens with zero attached hydrogens (tertiary/aromatic N) is 1. The zero-order valence-electron chi connectivity index (χ0n) is 15.1. The first kappa shape index (κ1) is 16.0. The molecule has 3 aromatic carbocycles. The van der Waals surface area contributed by atoms with E-state index >= 15 is 0 Å². The molecule has 3 aliphatic heterocycles. The number of rotatable bonds is 1. The van der Waals surface area contributed by atoms with Gasteiger partial charge in [0.05, 0.1) is 11.3 Å². The van der Waals surface area contributed by atoms with Crippen LogP contribution < -0.4 is 25.0 Å². The lowest BCUT2D eigenvalue weighted by molar-refractivity contribution is -0.119. The van der Waals surface area contributed by atoms with Crippen molar-refractivity contribution in [3.05, 3.63) is 77.9 Å². The molecule has 142 valence electrons. The highest BCUT2D eigenvalue weighted by Crippen LogP contribution is 2.48. The Morgan fingerprint density at radius 2 is 1.62 bits per heavy atom. The number of amides is 2. The van der Waals surface area contributed by atoms with Gasteiger partial charge in [0.1, 0.15) is 0 Å². The minimum Gasteiger partial charge on any atom is -0.454 e. The summed E-state index contributed by atoms with van der Waals surface area (Å²) in [6.07, 6.45) is 0. The molecule has 0 aromatic heterocycles. The number of ether oxygens (including phenoxy) is 2. The molecule has 0 unspecified atom stereocenters. The largest absolute Gasteiger partial charge is 0.454 e. The molecule has 0 fully saturated rings. The molecule has 0 aliphatic carbocycles. The molecule has 3 aliphatic rings. The number of anilines is 3. The number of carbonyl (C=O) groups excluding carboxylic acids is 2. The molecule has 3 aromatic rings. The van der Waals surface area contributed by atoms with Gasteiger partial charge in [-0.15, -0.1) is 0 Å². The van der Waals surface area contributed by atoms with E-state index in [1.807, 2.05) is 30.3 Å². The summed E-state index contributed by atoms with van der Waals surface area (Å²) in [7, 11) is 0. The van der Waals surface area contributed by atoms with Crippen LogP contribution in [0, 0.1) is 0 Å². The molecule has 2 N–H and O–H groups in total. The highest BCUT2D eigenvalue weighted by atomic mass is 16.7. The van der Waals surface area contributed by atoms with Crippen LogP contribution in [0.4, 0.5) is 17.1 Å². The van der Waals surface area contributed by atoms with Gasteiger partial charge in [-0.1, -0.05) is 30.3 Å². The Morgan fingerprint density at radius 1 is 0.862 bits per heavy atom. The van der Waals surface area contributed by atoms with Crippen LogP contribution in [0.1, 0.15) is 15.9 Å². The second-order valence-electron chi connectivity index (χ2n) is 7.06. The standard InChI is InChI=1S/C22H15N3O4/c26-20-14-5-1-3-7-16(14)24-22(15-6-2-4-8-17(15)23-21(22)27)25(20)13-9-10-18-19(11-13)29-12-28-18/h1-11,24H,12H2,(H,23,27)/t22-/m0/s1. The van der Waals surface area contributed by atoms with Crippen LogP contribution in [0.25, 0.3) is 0 Å². The van der Waals surface area contributed by atoms with Crippen molar-refractivity contribution in [3.63, 3.8) is 0 Å². The Bertz CT molecular complexity index is 1210. The lowest BCUT2D eigenvalue weighted by atomic mass is 9.92. The maximum Gasteiger partial charge on any atom is 0.276 e. The summed E-state index contributed by atoms with van der Waals surface area (Å²) in [4.78, 5) is 28.5. The monoisotopic (exact) mass is 385 g/mol. The van der Waals surface area contributed by atoms with Crippen LogP contribution in [0.15, 0.2) is 66.7 Å². The summed E-state index contributed by atoms with van der Waals surface area (Å²) in [5, 5.41) is 6.26. The normalized spacial score (nSPS) is 20.9. The first-order valence-corrected chi connectivity index (χ1v) is 9.21. The summed E-state index contributed by atoms with van der Waals surface area (Å²) < 4.78 is 10.9. The second kappa shape index (κ2) is 5.51. The smallest absolute Gasteiger partial charge is 0.276 e. The molecular weight excluding hydrogens is 370 g/mol. The highest BCUT2D eigenvalue weighted by Gasteiger charge is 2.57. The molecule has 0 saturated carbocycles. The predicted molar refractivity (Wildman–Crippen MR) is 106 cm³/mol. The van der Waals surface area contributed by atoms with E-state index in [-0.39, 0.29) is 18.6 Å². The minimum atomic E-state index is -1.41. The number of benzene rings is 3. The van der Waals surface area contributed by atoms with Crippen molar-refractivity contribution in [1.29, 1.82) is 0 Å². The lowest BCUT2D eigenvalue weighted by Crippen LogP contribution is -2.61. The lowest BCUT2D eigenvalue weighted by Gasteiger charge is -2.44. The third-order valence-electron chi connectivity index (χ3n) is 5.52. The van der Waals surface area contributed by atoms with Crippen LogP contribution in [0.2, 0.25) is 0 Å². The van der Waals surface area contributed by atoms with Gasteiger partial charge in [0.25, 0.3) is 11.8 Å². The van der Waals surface area contributed by atoms with Crippen LogP contribution in [0.5, 0.6) is 11.5 Å². The van der Waals surface area contributed by atoms with E-state index < -0.39 is 5.66 Å². The number of para-hydroxylation sites is 2. The summed E-state index contributed by atoms with van der Waals surface area (Å²) in [6.45, 7) is 0.127. The van der Waals surface area contributed by atoms with Crippen molar-refractivity contribution in [3.8, 4) is 11.5 Å². The molecule has 0 bridgehead atoms. The minimum absolute atomic E-state index is 0.127. The molecule has 1 atom stereocenters. The molecule has 2 amide bonds. The summed E-state index contributed by atoms with van der Waals surface area (Å²) in [5.41, 5.74) is 1.59. The second-order valence-corrected chi connectivity index (χ2v) is 7.06. The quantitative estimate of drug-likeness (QED) is 0.672. The molecule has 1 spiro atoms. The predicted octanol–water partition coefficient (Wildman–Crippen LogP) is 3.29. The molecule has 29 heavy (non-hydrogen) atoms. The van der Waals surface area contributed by atoms with Crippen molar-refractivity contribution >= 4 is 28.9 Å². The average molecular weight is 385 g/mol. The molecule has 7 nitrogen and oxygen atoms in total. The summed E-state index contributed by atoms with van der Waals surface area (Å²) in [6, 6.07) is 19.8. The van der Waals surface area contributed by atoms with Crippen LogP contribution in [-0.2, 0) is 10.5 Å². The van der Waals surface area contributed by atoms with Crippen LogP contribution >= 0.6 is 0 Å². The summed E-state index contributed by atoms with van der Waals surface area (Å²) >= 11 is 0. The van der Waals surface area contributed by atoms with Gasteiger partial charge in [-0.3, -0.25) is 14.5 Å². The van der Waals surface area contributed by atoms with Crippen molar-refractivity contribution in [2.45, 2.75) is 5.66 Å². The van der Waals surface area contributed by atoms with E-state index in [2.05, 4.69) is 10.6 Å². The Morgan fingerprint density at radius 3 is 2.52 bits per heavy atom. The first-order chi connectivity index (χ1) is 14.2. The van der Waals surface area contributed by atoms with Gasteiger partial charge < -0.3 is 20.1 Å². The Balaban J connectivity index is 1.63. The van der Waals surface area contributed by atoms with Gasteiger partial charge in [0.15, 0.2) is 11.5 Å². The van der Waals surface area contributed by atoms with Crippen LogP contribution in [-0.4, -0.2) is 18.6 Å². The van der Waals surface area contributed by atoms with E-state index in [1.165, 1.54) is 4.90 Å². The number of nitrogens with one attached hydrogen (secondary N) is 2. The van der Waals surface area contributed by atoms with E-state index in [0.29, 0.717) is 39.7 Å². The first-order valence-electron chi connectivity index (χ1n) is 9.21. The number of fused-ring (bicyclic) bond motifs is 4. The Kier molecular flexibility index (Phi) is 3.04. The number of hydrogen-bond donors (Lipinski definition) is 2. The molecule has 6 rings (SSSR count). The zero-order valence-corrected chi connectivity index (χ0v) is 15.1. The molecule has 3 heterocycles. The topological polar surface area (TPSA) is 79.9 Å². The summed E-state index contributed by atoms with van der Waals surface area (Å²) in [5.74, 6) is 0.553. The SMILES string of the molecule is O=C1c2ccccc2N[C@]2(C(=O)Nc3ccccc32)N1c1ccc2c(c1)OCO2. The fraction of sp³-hybridized carbons (Fsp3) is 0.0909. The van der Waals surface area contributed by atoms with E-state index in [9.17, 15) is 9.59 Å². The molecule has 0 radical (unpaired) electrons. The van der Waals surface area contributed by atoms with Crippen molar-refractivity contribution in [2.24, 2.45) is 0 Å².